The normalized spacial score (nSPS) is 21.2. The summed E-state index contributed by atoms with van der Waals surface area (Å²) in [5.41, 5.74) is -0.856. The van der Waals surface area contributed by atoms with E-state index in [-0.39, 0.29) is 0 Å². The fourth-order valence-electron chi connectivity index (χ4n) is 3.16. The smallest absolute Gasteiger partial charge is 0.325 e. The number of carbonyl (C=O) groups is 3. The highest BCUT2D eigenvalue weighted by Gasteiger charge is 2.51. The summed E-state index contributed by atoms with van der Waals surface area (Å²) in [6.45, 7) is 2.21. The van der Waals surface area contributed by atoms with Gasteiger partial charge in [-0.05, 0) is 31.2 Å². The fourth-order valence-corrected chi connectivity index (χ4v) is 3.16. The van der Waals surface area contributed by atoms with Crippen LogP contribution in [0.4, 0.5) is 10.5 Å². The number of hydrogen-bond donors (Lipinski definition) is 2. The largest absolute Gasteiger partial charge is 0.490 e. The molecule has 3 heterocycles. The second-order valence-corrected chi connectivity index (χ2v) is 6.68. The molecule has 9 nitrogen and oxygen atoms in total. The van der Waals surface area contributed by atoms with Crippen LogP contribution in [0.5, 0.6) is 11.5 Å². The molecule has 9 heteroatoms. The van der Waals surface area contributed by atoms with Crippen molar-refractivity contribution in [2.45, 2.75) is 18.9 Å². The molecule has 0 bridgehead atoms. The van der Waals surface area contributed by atoms with Crippen molar-refractivity contribution in [1.82, 2.24) is 10.2 Å². The lowest BCUT2D eigenvalue weighted by Crippen LogP contribution is -2.41. The van der Waals surface area contributed by atoms with Crippen LogP contribution in [0.2, 0.25) is 0 Å². The Morgan fingerprint density at radius 3 is 2.75 bits per heavy atom. The monoisotopic (exact) mass is 385 g/mol. The zero-order chi connectivity index (χ0) is 19.7. The van der Waals surface area contributed by atoms with Crippen molar-refractivity contribution in [3.8, 4) is 11.5 Å². The number of ether oxygens (including phenoxy) is 2. The summed E-state index contributed by atoms with van der Waals surface area (Å²) in [5, 5.41) is 5.25. The third-order valence-electron chi connectivity index (χ3n) is 4.62. The van der Waals surface area contributed by atoms with Crippen molar-refractivity contribution < 1.29 is 28.3 Å². The first kappa shape index (κ1) is 17.9. The average molecular weight is 385 g/mol. The Labute approximate surface area is 160 Å². The van der Waals surface area contributed by atoms with Crippen LogP contribution in [0.1, 0.15) is 19.1 Å². The first-order valence-corrected chi connectivity index (χ1v) is 8.85. The summed E-state index contributed by atoms with van der Waals surface area (Å²) in [6, 6.07) is 7.59. The Morgan fingerprint density at radius 1 is 1.21 bits per heavy atom. The Morgan fingerprint density at radius 2 is 2.00 bits per heavy atom. The minimum atomic E-state index is -1.34. The summed E-state index contributed by atoms with van der Waals surface area (Å²) in [6.07, 6.45) is 2.19. The van der Waals surface area contributed by atoms with Gasteiger partial charge in [-0.3, -0.25) is 14.5 Å². The average Bonchev–Trinajstić information content (AvgIpc) is 3.20. The van der Waals surface area contributed by atoms with Crippen LogP contribution in [-0.4, -0.2) is 42.5 Å². The molecular weight excluding hydrogens is 366 g/mol. The van der Waals surface area contributed by atoms with Crippen molar-refractivity contribution in [3.63, 3.8) is 0 Å². The molecule has 0 spiro atoms. The van der Waals surface area contributed by atoms with Crippen molar-refractivity contribution in [3.05, 3.63) is 42.4 Å². The molecule has 0 radical (unpaired) electrons. The SMILES string of the molecule is CC1(c2ccco2)NC(=O)N(CC(=O)Nc2ccc3c(c2)OCCCO3)C1=O. The third kappa shape index (κ3) is 3.15. The number of imide groups is 1. The van der Waals surface area contributed by atoms with Crippen molar-refractivity contribution in [2.24, 2.45) is 0 Å². The molecule has 1 unspecified atom stereocenters. The van der Waals surface area contributed by atoms with Crippen LogP contribution < -0.4 is 20.1 Å². The number of fused-ring (bicyclic) bond motifs is 1. The maximum Gasteiger partial charge on any atom is 0.325 e. The van der Waals surface area contributed by atoms with Gasteiger partial charge in [-0.2, -0.15) is 0 Å². The van der Waals surface area contributed by atoms with Gasteiger partial charge in [0.2, 0.25) is 5.91 Å². The predicted octanol–water partition coefficient (Wildman–Crippen LogP) is 1.85. The van der Waals surface area contributed by atoms with Gasteiger partial charge in [0.25, 0.3) is 5.91 Å². The van der Waals surface area contributed by atoms with Crippen molar-refractivity contribution in [2.75, 3.05) is 25.1 Å². The molecule has 1 atom stereocenters. The highest BCUT2D eigenvalue weighted by molar-refractivity contribution is 6.10. The van der Waals surface area contributed by atoms with Gasteiger partial charge in [-0.15, -0.1) is 0 Å². The van der Waals surface area contributed by atoms with Gasteiger partial charge in [0.15, 0.2) is 17.0 Å². The molecule has 28 heavy (non-hydrogen) atoms. The molecule has 2 N–H and O–H groups in total. The van der Waals surface area contributed by atoms with Crippen LogP contribution in [-0.2, 0) is 15.1 Å². The number of urea groups is 1. The number of benzene rings is 1. The van der Waals surface area contributed by atoms with Gasteiger partial charge in [0.1, 0.15) is 12.3 Å². The van der Waals surface area contributed by atoms with Crippen LogP contribution in [0.3, 0.4) is 0 Å². The molecule has 0 aliphatic carbocycles. The van der Waals surface area contributed by atoms with Gasteiger partial charge in [0.05, 0.1) is 19.5 Å². The number of anilines is 1. The summed E-state index contributed by atoms with van der Waals surface area (Å²) < 4.78 is 16.4. The quantitative estimate of drug-likeness (QED) is 0.777. The van der Waals surface area contributed by atoms with Gasteiger partial charge in [-0.1, -0.05) is 0 Å². The lowest BCUT2D eigenvalue weighted by Gasteiger charge is -2.19. The third-order valence-corrected chi connectivity index (χ3v) is 4.62. The van der Waals surface area contributed by atoms with E-state index in [4.69, 9.17) is 13.9 Å². The molecule has 2 aliphatic heterocycles. The zero-order valence-electron chi connectivity index (χ0n) is 15.2. The molecule has 2 aromatic rings. The molecule has 4 rings (SSSR count). The Hall–Kier alpha value is -3.49. The number of furan rings is 1. The maximum atomic E-state index is 12.7. The molecule has 2 aliphatic rings. The van der Waals surface area contributed by atoms with Crippen LogP contribution >= 0.6 is 0 Å². The Kier molecular flexibility index (Phi) is 4.42. The summed E-state index contributed by atoms with van der Waals surface area (Å²) in [7, 11) is 0. The van der Waals surface area contributed by atoms with E-state index >= 15 is 0 Å². The fraction of sp³-hybridized carbons (Fsp3) is 0.316. The van der Waals surface area contributed by atoms with E-state index in [0.29, 0.717) is 36.2 Å². The highest BCUT2D eigenvalue weighted by Crippen LogP contribution is 2.32. The first-order chi connectivity index (χ1) is 13.5. The van der Waals surface area contributed by atoms with E-state index in [1.807, 2.05) is 0 Å². The van der Waals surface area contributed by atoms with E-state index < -0.39 is 29.9 Å². The molecule has 1 fully saturated rings. The number of nitrogens with one attached hydrogen (secondary N) is 2. The zero-order valence-corrected chi connectivity index (χ0v) is 15.2. The van der Waals surface area contributed by atoms with Crippen LogP contribution in [0.25, 0.3) is 0 Å². The van der Waals surface area contributed by atoms with E-state index in [1.165, 1.54) is 13.2 Å². The van der Waals surface area contributed by atoms with Crippen LogP contribution in [0.15, 0.2) is 41.0 Å². The molecule has 146 valence electrons. The predicted molar refractivity (Wildman–Crippen MR) is 97.0 cm³/mol. The van der Waals surface area contributed by atoms with Gasteiger partial charge in [-0.25, -0.2) is 4.79 Å². The minimum Gasteiger partial charge on any atom is -0.490 e. The van der Waals surface area contributed by atoms with E-state index in [2.05, 4.69) is 10.6 Å². The molecule has 0 saturated carbocycles. The van der Waals surface area contributed by atoms with Gasteiger partial charge in [0, 0.05) is 18.2 Å². The highest BCUT2D eigenvalue weighted by atomic mass is 16.5. The topological polar surface area (TPSA) is 110 Å². The standard InChI is InChI=1S/C19H19N3O6/c1-19(15-4-2-7-28-15)17(24)22(18(25)21-19)11-16(23)20-12-5-6-13-14(10-12)27-9-3-8-26-13/h2,4-7,10H,3,8-9,11H2,1H3,(H,20,23)(H,21,25). The summed E-state index contributed by atoms with van der Waals surface area (Å²) in [4.78, 5) is 38.2. The Balaban J connectivity index is 1.45. The summed E-state index contributed by atoms with van der Waals surface area (Å²) in [5.74, 6) is 0.383. The second kappa shape index (κ2) is 6.91. The van der Waals surface area contributed by atoms with Gasteiger partial charge < -0.3 is 24.5 Å². The maximum absolute atomic E-state index is 12.7. The van der Waals surface area contributed by atoms with E-state index in [1.54, 1.807) is 30.3 Å². The molecule has 4 amide bonds. The van der Waals surface area contributed by atoms with E-state index in [9.17, 15) is 14.4 Å². The molecule has 1 aromatic carbocycles. The number of carbonyl (C=O) groups excluding carboxylic acids is 3. The van der Waals surface area contributed by atoms with Gasteiger partial charge >= 0.3 is 6.03 Å². The van der Waals surface area contributed by atoms with Crippen molar-refractivity contribution in [1.29, 1.82) is 0 Å². The van der Waals surface area contributed by atoms with E-state index in [0.717, 1.165) is 11.3 Å². The van der Waals surface area contributed by atoms with Crippen molar-refractivity contribution >= 4 is 23.5 Å². The van der Waals surface area contributed by atoms with Crippen LogP contribution in [0, 0.1) is 0 Å². The molecule has 1 aromatic heterocycles. The number of nitrogens with zero attached hydrogens (tertiary/aromatic N) is 1. The minimum absolute atomic E-state index is 0.302. The summed E-state index contributed by atoms with van der Waals surface area (Å²) >= 11 is 0. The second-order valence-electron chi connectivity index (χ2n) is 6.68. The number of hydrogen-bond acceptors (Lipinski definition) is 6. The number of rotatable bonds is 4. The lowest BCUT2D eigenvalue weighted by atomic mass is 9.99. The lowest BCUT2D eigenvalue weighted by molar-refractivity contribution is -0.134. The first-order valence-electron chi connectivity index (χ1n) is 8.85. The Bertz CT molecular complexity index is 926. The molecular formula is C19H19N3O6. The number of amides is 4. The molecule has 1 saturated heterocycles.